The molecule has 0 aromatic carbocycles. The van der Waals surface area contributed by atoms with E-state index >= 15 is 0 Å². The van der Waals surface area contributed by atoms with Gasteiger partial charge in [0.25, 0.3) is 0 Å². The zero-order valence-corrected chi connectivity index (χ0v) is 5.85. The van der Waals surface area contributed by atoms with E-state index in [-0.39, 0.29) is 12.4 Å². The van der Waals surface area contributed by atoms with Gasteiger partial charge >= 0.3 is 5.97 Å². The van der Waals surface area contributed by atoms with E-state index in [0.717, 1.165) is 12.3 Å². The van der Waals surface area contributed by atoms with Crippen molar-refractivity contribution in [1.82, 2.24) is 0 Å². The van der Waals surface area contributed by atoms with Crippen molar-refractivity contribution < 1.29 is 14.6 Å². The van der Waals surface area contributed by atoms with Crippen molar-refractivity contribution >= 4 is 18.4 Å². The summed E-state index contributed by atoms with van der Waals surface area (Å²) in [6.07, 6.45) is 2.10. The Kier molecular flexibility index (Phi) is 9.04. The van der Waals surface area contributed by atoms with Crippen LogP contribution in [0.2, 0.25) is 0 Å². The predicted octanol–water partition coefficient (Wildman–Crippen LogP) is 1.04. The van der Waals surface area contributed by atoms with Crippen molar-refractivity contribution in [3.8, 4) is 0 Å². The maximum atomic E-state index is 9.71. The highest BCUT2D eigenvalue weighted by Gasteiger charge is 1.81. The van der Waals surface area contributed by atoms with E-state index < -0.39 is 5.97 Å². The first-order chi connectivity index (χ1) is 3.77. The fourth-order valence-electron chi connectivity index (χ4n) is 0.203. The van der Waals surface area contributed by atoms with Gasteiger partial charge in [0.1, 0.15) is 0 Å². The van der Waals surface area contributed by atoms with Gasteiger partial charge in [-0.3, -0.25) is 0 Å². The first-order valence-corrected chi connectivity index (χ1v) is 2.28. The number of carboxylic acids is 1. The third kappa shape index (κ3) is 11.1. The van der Waals surface area contributed by atoms with Gasteiger partial charge in [-0.2, -0.15) is 0 Å². The van der Waals surface area contributed by atoms with Crippen LogP contribution >= 0.6 is 12.4 Å². The van der Waals surface area contributed by atoms with Crippen molar-refractivity contribution in [3.63, 3.8) is 0 Å². The van der Waals surface area contributed by atoms with E-state index in [1.54, 1.807) is 6.92 Å². The molecule has 9 heavy (non-hydrogen) atoms. The molecule has 0 aliphatic rings. The average molecular weight is 153 g/mol. The molecule has 1 N–H and O–H groups in total. The summed E-state index contributed by atoms with van der Waals surface area (Å²) in [6, 6.07) is 0. The van der Waals surface area contributed by atoms with Gasteiger partial charge in [0.2, 0.25) is 0 Å². The molecule has 0 aromatic rings. The molecule has 0 saturated carbocycles. The summed E-state index contributed by atoms with van der Waals surface area (Å²) in [4.78, 5) is 9.71. The average Bonchev–Trinajstić information content (AvgIpc) is 1.66. The van der Waals surface area contributed by atoms with Crippen LogP contribution in [0, 0.1) is 0 Å². The molecule has 0 atom stereocenters. The van der Waals surface area contributed by atoms with Gasteiger partial charge in [-0.05, 0) is 6.92 Å². The van der Waals surface area contributed by atoms with Gasteiger partial charge in [-0.15, -0.1) is 12.4 Å². The molecule has 54 valence electrons. The number of aliphatic carboxylic acids is 1. The fourth-order valence-corrected chi connectivity index (χ4v) is 0.203. The highest BCUT2D eigenvalue weighted by Crippen LogP contribution is 1.74. The molecule has 0 radical (unpaired) electrons. The minimum absolute atomic E-state index is 0. The molecule has 3 nitrogen and oxygen atoms in total. The van der Waals surface area contributed by atoms with E-state index in [1.807, 2.05) is 0 Å². The van der Waals surface area contributed by atoms with Gasteiger partial charge < -0.3 is 9.84 Å². The van der Waals surface area contributed by atoms with Gasteiger partial charge in [0.15, 0.2) is 0 Å². The Bertz CT molecular complexity index is 100. The largest absolute Gasteiger partial charge is 0.501 e. The summed E-state index contributed by atoms with van der Waals surface area (Å²) >= 11 is 0. The van der Waals surface area contributed by atoms with E-state index in [9.17, 15) is 4.79 Å². The van der Waals surface area contributed by atoms with E-state index in [0.29, 0.717) is 6.61 Å². The minimum atomic E-state index is -0.988. The lowest BCUT2D eigenvalue weighted by Crippen LogP contribution is -1.87. The Morgan fingerprint density at radius 1 is 1.78 bits per heavy atom. The van der Waals surface area contributed by atoms with Gasteiger partial charge in [0.05, 0.1) is 18.9 Å². The van der Waals surface area contributed by atoms with E-state index in [2.05, 4.69) is 4.74 Å². The lowest BCUT2D eigenvalue weighted by Gasteiger charge is -1.87. The standard InChI is InChI=1S/C5H8O3.ClH/c1-2-8-4-3-5(6)7;/h3-4H,2H2,1H3,(H,6,7);1H/b4-3+;. The van der Waals surface area contributed by atoms with Gasteiger partial charge in [0, 0.05) is 0 Å². The van der Waals surface area contributed by atoms with Crippen LogP contribution < -0.4 is 0 Å². The molecule has 0 aliphatic heterocycles. The lowest BCUT2D eigenvalue weighted by molar-refractivity contribution is -0.131. The Balaban J connectivity index is 0. The lowest BCUT2D eigenvalue weighted by atomic mass is 10.6. The molecule has 0 saturated heterocycles. The summed E-state index contributed by atoms with van der Waals surface area (Å²) < 4.78 is 4.58. The predicted molar refractivity (Wildman–Crippen MR) is 35.6 cm³/mol. The molecule has 0 heterocycles. The summed E-state index contributed by atoms with van der Waals surface area (Å²) in [7, 11) is 0. The Hall–Kier alpha value is -0.700. The number of hydrogen-bond donors (Lipinski definition) is 1. The third-order valence-electron chi connectivity index (χ3n) is 0.474. The molecule has 0 rings (SSSR count). The maximum absolute atomic E-state index is 9.71. The number of carboxylic acid groups (broad SMARTS) is 1. The highest BCUT2D eigenvalue weighted by atomic mass is 35.5. The van der Waals surface area contributed by atoms with E-state index in [1.165, 1.54) is 0 Å². The van der Waals surface area contributed by atoms with Crippen molar-refractivity contribution in [3.05, 3.63) is 12.3 Å². The van der Waals surface area contributed by atoms with Crippen LogP contribution in [0.4, 0.5) is 0 Å². The summed E-state index contributed by atoms with van der Waals surface area (Å²) in [5, 5.41) is 7.97. The quantitative estimate of drug-likeness (QED) is 0.486. The van der Waals surface area contributed by atoms with Crippen LogP contribution in [0.1, 0.15) is 6.92 Å². The van der Waals surface area contributed by atoms with Crippen molar-refractivity contribution in [2.24, 2.45) is 0 Å². The second-order valence-corrected chi connectivity index (χ2v) is 1.10. The van der Waals surface area contributed by atoms with Crippen molar-refractivity contribution in [2.75, 3.05) is 6.61 Å². The van der Waals surface area contributed by atoms with Crippen molar-refractivity contribution in [2.45, 2.75) is 6.92 Å². The van der Waals surface area contributed by atoms with Gasteiger partial charge in [-0.25, -0.2) is 4.79 Å². The molecule has 0 spiro atoms. The Morgan fingerprint density at radius 3 is 2.67 bits per heavy atom. The van der Waals surface area contributed by atoms with Crippen LogP contribution in [0.25, 0.3) is 0 Å². The molecule has 0 aliphatic carbocycles. The zero-order chi connectivity index (χ0) is 6.41. The topological polar surface area (TPSA) is 46.5 Å². The normalized spacial score (nSPS) is 8.56. The summed E-state index contributed by atoms with van der Waals surface area (Å²) in [6.45, 7) is 2.29. The first kappa shape index (κ1) is 11.1. The van der Waals surface area contributed by atoms with Crippen LogP contribution in [0.3, 0.4) is 0 Å². The molecule has 0 unspecified atom stereocenters. The Labute approximate surface area is 59.7 Å². The molecule has 0 fully saturated rings. The van der Waals surface area contributed by atoms with Crippen LogP contribution in [-0.2, 0) is 9.53 Å². The van der Waals surface area contributed by atoms with Crippen LogP contribution in [-0.4, -0.2) is 17.7 Å². The van der Waals surface area contributed by atoms with E-state index in [4.69, 9.17) is 5.11 Å². The highest BCUT2D eigenvalue weighted by molar-refractivity contribution is 5.85. The molecule has 0 amide bonds. The zero-order valence-electron chi connectivity index (χ0n) is 5.03. The summed E-state index contributed by atoms with van der Waals surface area (Å²) in [5.74, 6) is -0.988. The van der Waals surface area contributed by atoms with Gasteiger partial charge in [-0.1, -0.05) is 0 Å². The molecule has 0 aromatic heterocycles. The SMILES string of the molecule is CCO/C=C/C(=O)O.Cl. The third-order valence-corrected chi connectivity index (χ3v) is 0.474. The number of rotatable bonds is 3. The van der Waals surface area contributed by atoms with Crippen molar-refractivity contribution in [1.29, 1.82) is 0 Å². The minimum Gasteiger partial charge on any atom is -0.501 e. The molecule has 0 bridgehead atoms. The van der Waals surface area contributed by atoms with Crippen LogP contribution in [0.5, 0.6) is 0 Å². The number of ether oxygens (including phenoxy) is 1. The molecule has 4 heteroatoms. The number of hydrogen-bond acceptors (Lipinski definition) is 2. The number of carbonyl (C=O) groups is 1. The smallest absolute Gasteiger partial charge is 0.331 e. The molecular weight excluding hydrogens is 144 g/mol. The first-order valence-electron chi connectivity index (χ1n) is 2.28. The fraction of sp³-hybridized carbons (Fsp3) is 0.400. The second kappa shape index (κ2) is 7.30. The van der Waals surface area contributed by atoms with Crippen LogP contribution in [0.15, 0.2) is 12.3 Å². The Morgan fingerprint density at radius 2 is 2.33 bits per heavy atom. The monoisotopic (exact) mass is 152 g/mol. The summed E-state index contributed by atoms with van der Waals surface area (Å²) in [5.41, 5.74) is 0. The maximum Gasteiger partial charge on any atom is 0.331 e. The second-order valence-electron chi connectivity index (χ2n) is 1.10. The molecular formula is C5H9ClO3. The number of halogens is 1.